The summed E-state index contributed by atoms with van der Waals surface area (Å²) in [5, 5.41) is 2.74. The Hall–Kier alpha value is -2.40. The number of nitrogen functional groups attached to an aromatic ring is 1. The second-order valence-corrected chi connectivity index (χ2v) is 4.69. The van der Waals surface area contributed by atoms with Crippen molar-refractivity contribution in [3.63, 3.8) is 0 Å². The third-order valence-corrected chi connectivity index (χ3v) is 2.91. The van der Waals surface area contributed by atoms with Crippen molar-refractivity contribution in [2.24, 2.45) is 0 Å². The average molecular weight is 285 g/mol. The highest BCUT2D eigenvalue weighted by Crippen LogP contribution is 2.11. The van der Waals surface area contributed by atoms with E-state index in [2.05, 4.69) is 10.3 Å². The molecule has 0 saturated carbocycles. The topological polar surface area (TPSA) is 77.2 Å². The number of rotatable bonds is 7. The van der Waals surface area contributed by atoms with Crippen molar-refractivity contribution in [3.8, 4) is 0 Å². The van der Waals surface area contributed by atoms with E-state index in [1.54, 1.807) is 36.7 Å². The van der Waals surface area contributed by atoms with Crippen molar-refractivity contribution in [2.45, 2.75) is 12.8 Å². The highest BCUT2D eigenvalue weighted by molar-refractivity contribution is 5.92. The third-order valence-electron chi connectivity index (χ3n) is 2.91. The Morgan fingerprint density at radius 1 is 1.24 bits per heavy atom. The van der Waals surface area contributed by atoms with Gasteiger partial charge < -0.3 is 15.8 Å². The summed E-state index contributed by atoms with van der Waals surface area (Å²) in [7, 11) is 0. The second-order valence-electron chi connectivity index (χ2n) is 4.69. The zero-order valence-electron chi connectivity index (χ0n) is 11.8. The van der Waals surface area contributed by atoms with E-state index in [9.17, 15) is 4.79 Å². The van der Waals surface area contributed by atoms with Gasteiger partial charge in [0.2, 0.25) is 5.91 Å². The van der Waals surface area contributed by atoms with Crippen LogP contribution in [-0.4, -0.2) is 24.1 Å². The van der Waals surface area contributed by atoms with Crippen LogP contribution >= 0.6 is 0 Å². The number of aryl methyl sites for hydroxylation is 1. The van der Waals surface area contributed by atoms with Crippen molar-refractivity contribution in [1.82, 2.24) is 4.98 Å². The molecule has 3 N–H and O–H groups in total. The number of amides is 1. The van der Waals surface area contributed by atoms with E-state index in [0.29, 0.717) is 18.0 Å². The van der Waals surface area contributed by atoms with Crippen LogP contribution in [0.3, 0.4) is 0 Å². The molecule has 0 aliphatic heterocycles. The number of nitrogens with zero attached hydrogens (tertiary/aromatic N) is 1. The number of anilines is 2. The molecule has 1 aromatic carbocycles. The molecule has 1 heterocycles. The Morgan fingerprint density at radius 3 is 2.81 bits per heavy atom. The zero-order chi connectivity index (χ0) is 14.9. The van der Waals surface area contributed by atoms with Gasteiger partial charge in [0.05, 0.1) is 0 Å². The monoisotopic (exact) mass is 285 g/mol. The number of hydrogen-bond donors (Lipinski definition) is 2. The SMILES string of the molecule is Nc1cccc(NC(=O)COCCCc2ccncc2)c1. The summed E-state index contributed by atoms with van der Waals surface area (Å²) >= 11 is 0. The molecule has 0 spiro atoms. The molecule has 0 unspecified atom stereocenters. The maximum Gasteiger partial charge on any atom is 0.250 e. The summed E-state index contributed by atoms with van der Waals surface area (Å²) in [5.41, 5.74) is 8.16. The summed E-state index contributed by atoms with van der Waals surface area (Å²) in [6, 6.07) is 11.0. The lowest BCUT2D eigenvalue weighted by Gasteiger charge is -2.07. The highest BCUT2D eigenvalue weighted by atomic mass is 16.5. The minimum Gasteiger partial charge on any atom is -0.399 e. The van der Waals surface area contributed by atoms with Gasteiger partial charge in [-0.15, -0.1) is 0 Å². The predicted molar refractivity (Wildman–Crippen MR) is 82.9 cm³/mol. The lowest BCUT2D eigenvalue weighted by molar-refractivity contribution is -0.120. The number of benzene rings is 1. The Labute approximate surface area is 124 Å². The normalized spacial score (nSPS) is 10.3. The van der Waals surface area contributed by atoms with Gasteiger partial charge in [-0.1, -0.05) is 6.07 Å². The smallest absolute Gasteiger partial charge is 0.250 e. The molecule has 0 aliphatic rings. The molecule has 110 valence electrons. The molecule has 0 bridgehead atoms. The zero-order valence-corrected chi connectivity index (χ0v) is 11.8. The van der Waals surface area contributed by atoms with Crippen LogP contribution in [0.4, 0.5) is 11.4 Å². The first-order valence-corrected chi connectivity index (χ1v) is 6.86. The van der Waals surface area contributed by atoms with Crippen LogP contribution in [0.5, 0.6) is 0 Å². The largest absolute Gasteiger partial charge is 0.399 e. The maximum atomic E-state index is 11.7. The number of carbonyl (C=O) groups excluding carboxylic acids is 1. The summed E-state index contributed by atoms with van der Waals surface area (Å²) in [5.74, 6) is -0.176. The van der Waals surface area contributed by atoms with Crippen LogP contribution in [0.25, 0.3) is 0 Å². The fourth-order valence-corrected chi connectivity index (χ4v) is 1.91. The van der Waals surface area contributed by atoms with E-state index in [1.807, 2.05) is 12.1 Å². The van der Waals surface area contributed by atoms with Crippen LogP contribution < -0.4 is 11.1 Å². The Kier molecular flexibility index (Phi) is 5.72. The molecule has 0 saturated heterocycles. The van der Waals surface area contributed by atoms with E-state index < -0.39 is 0 Å². The van der Waals surface area contributed by atoms with Gasteiger partial charge in [-0.3, -0.25) is 9.78 Å². The number of aromatic nitrogens is 1. The first kappa shape index (κ1) is 15.0. The van der Waals surface area contributed by atoms with Gasteiger partial charge in [0.25, 0.3) is 0 Å². The molecule has 0 atom stereocenters. The minimum absolute atomic E-state index is 0.0468. The predicted octanol–water partition coefficient (Wildman–Crippen LogP) is 2.25. The van der Waals surface area contributed by atoms with E-state index in [4.69, 9.17) is 10.5 Å². The van der Waals surface area contributed by atoms with Gasteiger partial charge in [-0.2, -0.15) is 0 Å². The van der Waals surface area contributed by atoms with Crippen molar-refractivity contribution >= 4 is 17.3 Å². The van der Waals surface area contributed by atoms with Crippen molar-refractivity contribution in [1.29, 1.82) is 0 Å². The molecule has 0 aliphatic carbocycles. The van der Waals surface area contributed by atoms with E-state index in [0.717, 1.165) is 12.8 Å². The highest BCUT2D eigenvalue weighted by Gasteiger charge is 2.02. The van der Waals surface area contributed by atoms with E-state index >= 15 is 0 Å². The molecule has 5 heteroatoms. The summed E-state index contributed by atoms with van der Waals surface area (Å²) < 4.78 is 5.36. The summed E-state index contributed by atoms with van der Waals surface area (Å²) in [4.78, 5) is 15.6. The third kappa shape index (κ3) is 5.62. The first-order chi connectivity index (χ1) is 10.2. The molecular formula is C16H19N3O2. The Balaban J connectivity index is 1.61. The van der Waals surface area contributed by atoms with Crippen molar-refractivity contribution in [2.75, 3.05) is 24.3 Å². The summed E-state index contributed by atoms with van der Waals surface area (Å²) in [6.07, 6.45) is 5.33. The number of carbonyl (C=O) groups is 1. The molecule has 1 aromatic heterocycles. The average Bonchev–Trinajstić information content (AvgIpc) is 2.48. The van der Waals surface area contributed by atoms with Gasteiger partial charge in [0, 0.05) is 30.4 Å². The first-order valence-electron chi connectivity index (χ1n) is 6.86. The van der Waals surface area contributed by atoms with Crippen LogP contribution in [0.2, 0.25) is 0 Å². The van der Waals surface area contributed by atoms with Crippen LogP contribution in [-0.2, 0) is 16.0 Å². The second kappa shape index (κ2) is 8.01. The standard InChI is InChI=1S/C16H19N3O2/c17-14-4-1-5-15(11-14)19-16(20)12-21-10-2-3-13-6-8-18-9-7-13/h1,4-9,11H,2-3,10,12,17H2,(H,19,20). The van der Waals surface area contributed by atoms with Gasteiger partial charge in [0.15, 0.2) is 0 Å². The Bertz CT molecular complexity index is 573. The van der Waals surface area contributed by atoms with Gasteiger partial charge >= 0.3 is 0 Å². The minimum atomic E-state index is -0.176. The van der Waals surface area contributed by atoms with E-state index in [1.165, 1.54) is 5.56 Å². The molecular weight excluding hydrogens is 266 g/mol. The maximum absolute atomic E-state index is 11.7. The Morgan fingerprint density at radius 2 is 2.05 bits per heavy atom. The molecule has 2 aromatic rings. The quantitative estimate of drug-likeness (QED) is 0.604. The number of nitrogens with one attached hydrogen (secondary N) is 1. The lowest BCUT2D eigenvalue weighted by Crippen LogP contribution is -2.18. The molecule has 2 rings (SSSR count). The number of hydrogen-bond acceptors (Lipinski definition) is 4. The molecule has 0 fully saturated rings. The lowest BCUT2D eigenvalue weighted by atomic mass is 10.1. The van der Waals surface area contributed by atoms with Gasteiger partial charge in [-0.25, -0.2) is 0 Å². The van der Waals surface area contributed by atoms with Crippen LogP contribution in [0, 0.1) is 0 Å². The van der Waals surface area contributed by atoms with Crippen molar-refractivity contribution in [3.05, 3.63) is 54.4 Å². The molecule has 1 amide bonds. The van der Waals surface area contributed by atoms with Crippen molar-refractivity contribution < 1.29 is 9.53 Å². The van der Waals surface area contributed by atoms with Crippen LogP contribution in [0.15, 0.2) is 48.8 Å². The number of nitrogens with two attached hydrogens (primary N) is 1. The fraction of sp³-hybridized carbons (Fsp3) is 0.250. The summed E-state index contributed by atoms with van der Waals surface area (Å²) in [6.45, 7) is 0.595. The van der Waals surface area contributed by atoms with Gasteiger partial charge in [0.1, 0.15) is 6.61 Å². The number of pyridine rings is 1. The van der Waals surface area contributed by atoms with E-state index in [-0.39, 0.29) is 12.5 Å². The van der Waals surface area contributed by atoms with Crippen LogP contribution in [0.1, 0.15) is 12.0 Å². The molecule has 5 nitrogen and oxygen atoms in total. The molecule has 0 radical (unpaired) electrons. The van der Waals surface area contributed by atoms with Gasteiger partial charge in [-0.05, 0) is 48.7 Å². The fourth-order valence-electron chi connectivity index (χ4n) is 1.91. The molecule has 21 heavy (non-hydrogen) atoms. The number of ether oxygens (including phenoxy) is 1.